The highest BCUT2D eigenvalue weighted by molar-refractivity contribution is 7.09. The van der Waals surface area contributed by atoms with Crippen LogP contribution < -0.4 is 5.32 Å². The summed E-state index contributed by atoms with van der Waals surface area (Å²) in [6.07, 6.45) is 4.37. The van der Waals surface area contributed by atoms with E-state index in [0.717, 1.165) is 24.4 Å². The van der Waals surface area contributed by atoms with Gasteiger partial charge in [-0.1, -0.05) is 0 Å². The molecule has 3 rings (SSSR count). The molecule has 0 saturated carbocycles. The molecular formula is C13H13N5S. The largest absolute Gasteiger partial charge is 0.314 e. The van der Waals surface area contributed by atoms with Crippen LogP contribution in [0.3, 0.4) is 0 Å². The fourth-order valence-electron chi connectivity index (χ4n) is 2.26. The molecule has 1 N–H and O–H groups in total. The van der Waals surface area contributed by atoms with Gasteiger partial charge in [-0.3, -0.25) is 0 Å². The second kappa shape index (κ2) is 4.94. The molecule has 5 nitrogen and oxygen atoms in total. The average molecular weight is 271 g/mol. The molecule has 6 heteroatoms. The SMILES string of the molecule is Cc1nsc(Nc2nc3c(cc2C#N)CCCC3)n1. The Morgan fingerprint density at radius 2 is 2.16 bits per heavy atom. The monoisotopic (exact) mass is 271 g/mol. The highest BCUT2D eigenvalue weighted by atomic mass is 32.1. The first-order valence-corrected chi connectivity index (χ1v) is 7.04. The van der Waals surface area contributed by atoms with Gasteiger partial charge in [-0.2, -0.15) is 9.64 Å². The second-order valence-corrected chi connectivity index (χ2v) is 5.33. The molecular weight excluding hydrogens is 258 g/mol. The summed E-state index contributed by atoms with van der Waals surface area (Å²) in [5.74, 6) is 1.32. The molecule has 1 aliphatic carbocycles. The highest BCUT2D eigenvalue weighted by Crippen LogP contribution is 2.26. The van der Waals surface area contributed by atoms with Crippen molar-refractivity contribution in [3.05, 3.63) is 28.7 Å². The van der Waals surface area contributed by atoms with E-state index < -0.39 is 0 Å². The van der Waals surface area contributed by atoms with Crippen molar-refractivity contribution in [2.24, 2.45) is 0 Å². The van der Waals surface area contributed by atoms with Gasteiger partial charge in [0, 0.05) is 17.2 Å². The summed E-state index contributed by atoms with van der Waals surface area (Å²) in [5.41, 5.74) is 2.89. The summed E-state index contributed by atoms with van der Waals surface area (Å²) in [6.45, 7) is 1.84. The number of hydrogen-bond donors (Lipinski definition) is 1. The number of aromatic nitrogens is 3. The quantitative estimate of drug-likeness (QED) is 0.909. The van der Waals surface area contributed by atoms with Crippen molar-refractivity contribution < 1.29 is 0 Å². The zero-order valence-corrected chi connectivity index (χ0v) is 11.4. The number of anilines is 2. The summed E-state index contributed by atoms with van der Waals surface area (Å²) in [5, 5.41) is 13.0. The molecule has 0 fully saturated rings. The normalized spacial score (nSPS) is 13.7. The van der Waals surface area contributed by atoms with E-state index in [1.54, 1.807) is 0 Å². The molecule has 2 heterocycles. The van der Waals surface area contributed by atoms with Crippen LogP contribution in [-0.2, 0) is 12.8 Å². The Kier molecular flexibility index (Phi) is 3.13. The summed E-state index contributed by atoms with van der Waals surface area (Å²) in [6, 6.07) is 4.16. The predicted octanol–water partition coefficient (Wildman–Crippen LogP) is 2.74. The Morgan fingerprint density at radius 3 is 2.89 bits per heavy atom. The van der Waals surface area contributed by atoms with Gasteiger partial charge in [0.1, 0.15) is 17.7 Å². The van der Waals surface area contributed by atoms with Gasteiger partial charge in [0.2, 0.25) is 5.13 Å². The lowest BCUT2D eigenvalue weighted by Gasteiger charge is -2.16. The molecule has 0 atom stereocenters. The lowest BCUT2D eigenvalue weighted by molar-refractivity contribution is 0.668. The number of rotatable bonds is 2. The fraction of sp³-hybridized carbons (Fsp3) is 0.385. The van der Waals surface area contributed by atoms with Gasteiger partial charge in [-0.15, -0.1) is 0 Å². The molecule has 0 amide bonds. The van der Waals surface area contributed by atoms with Gasteiger partial charge in [-0.25, -0.2) is 9.97 Å². The first kappa shape index (κ1) is 12.1. The van der Waals surface area contributed by atoms with Gasteiger partial charge < -0.3 is 5.32 Å². The summed E-state index contributed by atoms with van der Waals surface area (Å²) < 4.78 is 4.11. The zero-order valence-electron chi connectivity index (χ0n) is 10.6. The maximum Gasteiger partial charge on any atom is 0.208 e. The fourth-order valence-corrected chi connectivity index (χ4v) is 2.84. The van der Waals surface area contributed by atoms with Crippen LogP contribution in [0.25, 0.3) is 0 Å². The molecule has 96 valence electrons. The molecule has 2 aromatic heterocycles. The van der Waals surface area contributed by atoms with Gasteiger partial charge in [0.15, 0.2) is 0 Å². The van der Waals surface area contributed by atoms with E-state index in [0.29, 0.717) is 16.5 Å². The maximum absolute atomic E-state index is 9.24. The molecule has 0 aliphatic heterocycles. The van der Waals surface area contributed by atoms with Crippen LogP contribution in [0.4, 0.5) is 10.9 Å². The van der Waals surface area contributed by atoms with Crippen LogP contribution in [0.2, 0.25) is 0 Å². The second-order valence-electron chi connectivity index (χ2n) is 4.58. The van der Waals surface area contributed by atoms with E-state index in [1.165, 1.54) is 29.9 Å². The Morgan fingerprint density at radius 1 is 1.32 bits per heavy atom. The van der Waals surface area contributed by atoms with Crippen molar-refractivity contribution in [3.63, 3.8) is 0 Å². The summed E-state index contributed by atoms with van der Waals surface area (Å²) in [7, 11) is 0. The zero-order chi connectivity index (χ0) is 13.2. The molecule has 2 aromatic rings. The molecule has 0 unspecified atom stereocenters. The number of nitriles is 1. The molecule has 19 heavy (non-hydrogen) atoms. The van der Waals surface area contributed by atoms with E-state index >= 15 is 0 Å². The van der Waals surface area contributed by atoms with Crippen molar-refractivity contribution >= 4 is 22.5 Å². The van der Waals surface area contributed by atoms with Crippen LogP contribution in [0.5, 0.6) is 0 Å². The number of hydrogen-bond acceptors (Lipinski definition) is 6. The summed E-state index contributed by atoms with van der Waals surface area (Å²) in [4.78, 5) is 8.83. The Hall–Kier alpha value is -2.00. The molecule has 1 aliphatic rings. The molecule has 0 saturated heterocycles. The molecule has 0 aromatic carbocycles. The van der Waals surface area contributed by atoms with Crippen LogP contribution in [0.15, 0.2) is 6.07 Å². The van der Waals surface area contributed by atoms with Gasteiger partial charge in [-0.05, 0) is 44.2 Å². The first-order valence-electron chi connectivity index (χ1n) is 6.26. The van der Waals surface area contributed by atoms with Crippen molar-refractivity contribution in [3.8, 4) is 6.07 Å². The molecule has 0 radical (unpaired) electrons. The minimum absolute atomic E-state index is 0.577. The van der Waals surface area contributed by atoms with Crippen molar-refractivity contribution in [1.82, 2.24) is 14.3 Å². The Labute approximate surface area is 115 Å². The summed E-state index contributed by atoms with van der Waals surface area (Å²) >= 11 is 1.28. The Bertz CT molecular complexity index is 656. The van der Waals surface area contributed by atoms with Crippen molar-refractivity contribution in [1.29, 1.82) is 5.26 Å². The van der Waals surface area contributed by atoms with E-state index in [2.05, 4.69) is 25.7 Å². The highest BCUT2D eigenvalue weighted by Gasteiger charge is 2.15. The lowest BCUT2D eigenvalue weighted by atomic mass is 9.95. The number of nitrogens with one attached hydrogen (secondary N) is 1. The lowest BCUT2D eigenvalue weighted by Crippen LogP contribution is -2.08. The van der Waals surface area contributed by atoms with Crippen LogP contribution >= 0.6 is 11.5 Å². The molecule has 0 spiro atoms. The smallest absolute Gasteiger partial charge is 0.208 e. The predicted molar refractivity (Wildman–Crippen MR) is 73.5 cm³/mol. The van der Waals surface area contributed by atoms with E-state index in [1.807, 2.05) is 13.0 Å². The van der Waals surface area contributed by atoms with E-state index in [4.69, 9.17) is 0 Å². The van der Waals surface area contributed by atoms with Crippen LogP contribution in [0.1, 0.15) is 35.5 Å². The van der Waals surface area contributed by atoms with Gasteiger partial charge >= 0.3 is 0 Å². The van der Waals surface area contributed by atoms with Crippen LogP contribution in [0, 0.1) is 18.3 Å². The van der Waals surface area contributed by atoms with Gasteiger partial charge in [0.05, 0.1) is 5.56 Å². The topological polar surface area (TPSA) is 74.5 Å². The minimum Gasteiger partial charge on any atom is -0.314 e. The van der Waals surface area contributed by atoms with E-state index in [9.17, 15) is 5.26 Å². The van der Waals surface area contributed by atoms with Crippen molar-refractivity contribution in [2.45, 2.75) is 32.6 Å². The number of pyridine rings is 1. The van der Waals surface area contributed by atoms with E-state index in [-0.39, 0.29) is 0 Å². The minimum atomic E-state index is 0.577. The number of nitrogens with zero attached hydrogens (tertiary/aromatic N) is 4. The average Bonchev–Trinajstić information content (AvgIpc) is 2.83. The van der Waals surface area contributed by atoms with Gasteiger partial charge in [0.25, 0.3) is 0 Å². The third-order valence-electron chi connectivity index (χ3n) is 3.17. The van der Waals surface area contributed by atoms with Crippen LogP contribution in [-0.4, -0.2) is 14.3 Å². The maximum atomic E-state index is 9.24. The number of aryl methyl sites for hydroxylation is 3. The third kappa shape index (κ3) is 2.42. The third-order valence-corrected chi connectivity index (χ3v) is 3.90. The van der Waals surface area contributed by atoms with Crippen molar-refractivity contribution in [2.75, 3.05) is 5.32 Å². The standard InChI is InChI=1S/C13H13N5S/c1-8-15-13(19-18-8)17-12-10(7-14)6-9-4-2-3-5-11(9)16-12/h6H,2-5H2,1H3,(H,15,16,17,18). The molecule has 0 bridgehead atoms. The first-order chi connectivity index (χ1) is 9.26. The Balaban J connectivity index is 1.98. The number of fused-ring (bicyclic) bond motifs is 1.